The number of halogens is 3. The molecule has 0 saturated carbocycles. The number of carbonyl (C=O) groups is 1. The molecule has 0 heterocycles. The Kier molecular flexibility index (Phi) is 7.14. The molecule has 30 heavy (non-hydrogen) atoms. The number of hydrogen-bond donors (Lipinski definition) is 0. The van der Waals surface area contributed by atoms with Crippen LogP contribution in [0.2, 0.25) is 0 Å². The number of methoxy groups -OCH3 is 1. The van der Waals surface area contributed by atoms with Crippen LogP contribution in [0.3, 0.4) is 0 Å². The Bertz CT molecular complexity index is 995. The van der Waals surface area contributed by atoms with Gasteiger partial charge in [-0.3, -0.25) is 10.1 Å². The highest BCUT2D eigenvalue weighted by molar-refractivity contribution is 7.92. The van der Waals surface area contributed by atoms with Gasteiger partial charge in [0.1, 0.15) is 0 Å². The molecule has 0 spiro atoms. The number of carbonyl (C=O) groups excluding carboxylic acids is 2. The van der Waals surface area contributed by atoms with E-state index in [0.717, 1.165) is 19.3 Å². The average molecular weight is 454 g/mol. The lowest BCUT2D eigenvalue weighted by Gasteiger charge is -2.33. The van der Waals surface area contributed by atoms with Crippen LogP contribution < -0.4 is 0 Å². The molecule has 0 saturated heterocycles. The molecule has 0 unspecified atom stereocenters. The highest BCUT2D eigenvalue weighted by Crippen LogP contribution is 2.37. The van der Waals surface area contributed by atoms with Gasteiger partial charge in [0.2, 0.25) is 6.08 Å². The Balaban J connectivity index is 3.67. The number of nitrogens with zero attached hydrogens (tertiary/aromatic N) is 2. The predicted molar refractivity (Wildman–Crippen MR) is 93.7 cm³/mol. The van der Waals surface area contributed by atoms with Crippen LogP contribution in [0.4, 0.5) is 18.9 Å². The van der Waals surface area contributed by atoms with Gasteiger partial charge in [0.05, 0.1) is 17.6 Å². The molecule has 0 aliphatic rings. The molecule has 1 atom stereocenters. The summed E-state index contributed by atoms with van der Waals surface area (Å²) in [7, 11) is -5.07. The maximum absolute atomic E-state index is 12.8. The highest BCUT2D eigenvalue weighted by Gasteiger charge is 2.50. The number of benzene rings is 1. The smallest absolute Gasteiger partial charge is 0.465 e. The van der Waals surface area contributed by atoms with E-state index in [1.165, 1.54) is 20.8 Å². The first-order valence-corrected chi connectivity index (χ1v) is 9.45. The maximum atomic E-state index is 12.8. The van der Waals surface area contributed by atoms with Crippen molar-refractivity contribution in [3.05, 3.63) is 33.9 Å². The van der Waals surface area contributed by atoms with Crippen LogP contribution >= 0.6 is 0 Å². The van der Waals surface area contributed by atoms with E-state index in [4.69, 9.17) is 4.74 Å². The molecule has 0 aliphatic heterocycles. The molecule has 0 fully saturated rings. The van der Waals surface area contributed by atoms with Gasteiger partial charge in [-0.25, -0.2) is 18.0 Å². The number of isocyanates is 1. The Hall–Kier alpha value is -2.83. The Morgan fingerprint density at radius 3 is 2.23 bits per heavy atom. The minimum absolute atomic E-state index is 0.225. The molecule has 0 aromatic heterocycles. The Labute approximate surface area is 168 Å². The number of esters is 1. The summed E-state index contributed by atoms with van der Waals surface area (Å²) < 4.78 is 71.8. The summed E-state index contributed by atoms with van der Waals surface area (Å²) in [6, 6.07) is 1.69. The number of rotatable bonds is 7. The SMILES string of the molecule is COC(=O)[C@@](Cc1ccc(S(=O)(=O)C(F)(F)F)c([N+](=O)[O-])c1)(N=C=O)OC(C)(C)C. The standard InChI is InChI=1S/C16H17F3N2O8S/c1-14(2,3)29-15(20-9-22,13(23)28-4)8-10-5-6-12(11(7-10)21(24)25)30(26,27)16(17,18)19/h5-7H,8H2,1-4H3/t15-/m0/s1. The molecule has 0 amide bonds. The van der Waals surface area contributed by atoms with Crippen molar-refractivity contribution in [3.8, 4) is 0 Å². The molecule has 0 radical (unpaired) electrons. The monoisotopic (exact) mass is 454 g/mol. The van der Waals surface area contributed by atoms with Gasteiger partial charge in [0, 0.05) is 12.5 Å². The third-order valence-corrected chi connectivity index (χ3v) is 5.00. The van der Waals surface area contributed by atoms with Gasteiger partial charge in [-0.15, -0.1) is 0 Å². The number of nitro benzene ring substituents is 1. The fourth-order valence-electron chi connectivity index (χ4n) is 2.44. The summed E-state index contributed by atoms with van der Waals surface area (Å²) in [4.78, 5) is 34.8. The number of nitro groups is 1. The van der Waals surface area contributed by atoms with Crippen LogP contribution in [0, 0.1) is 10.1 Å². The number of hydrogen-bond acceptors (Lipinski definition) is 9. The van der Waals surface area contributed by atoms with Gasteiger partial charge >= 0.3 is 11.5 Å². The van der Waals surface area contributed by atoms with Crippen molar-refractivity contribution in [2.75, 3.05) is 7.11 Å². The lowest BCUT2D eigenvalue weighted by Crippen LogP contribution is -2.47. The summed E-state index contributed by atoms with van der Waals surface area (Å²) in [6.07, 6.45) is 0.435. The maximum Gasteiger partial charge on any atom is 0.502 e. The summed E-state index contributed by atoms with van der Waals surface area (Å²) in [5, 5.41) is 11.2. The fraction of sp³-hybridized carbons (Fsp3) is 0.500. The topological polar surface area (TPSA) is 142 Å². The van der Waals surface area contributed by atoms with Gasteiger partial charge in [-0.2, -0.15) is 18.2 Å². The van der Waals surface area contributed by atoms with Crippen molar-refractivity contribution < 1.29 is 45.6 Å². The molecular formula is C16H17F3N2O8S. The second kappa shape index (κ2) is 8.50. The van der Waals surface area contributed by atoms with Crippen molar-refractivity contribution in [2.24, 2.45) is 4.99 Å². The summed E-state index contributed by atoms with van der Waals surface area (Å²) in [6.45, 7) is 4.48. The zero-order valence-corrected chi connectivity index (χ0v) is 17.0. The summed E-state index contributed by atoms with van der Waals surface area (Å²) in [5.41, 5.74) is -10.8. The van der Waals surface area contributed by atoms with Crippen LogP contribution in [0.1, 0.15) is 26.3 Å². The van der Waals surface area contributed by atoms with Crippen molar-refractivity contribution in [1.82, 2.24) is 0 Å². The lowest BCUT2D eigenvalue weighted by molar-refractivity contribution is -0.388. The lowest BCUT2D eigenvalue weighted by atomic mass is 10.0. The van der Waals surface area contributed by atoms with E-state index in [0.29, 0.717) is 12.1 Å². The van der Waals surface area contributed by atoms with Crippen molar-refractivity contribution in [3.63, 3.8) is 0 Å². The van der Waals surface area contributed by atoms with Gasteiger partial charge in [0.15, 0.2) is 4.90 Å². The van der Waals surface area contributed by atoms with E-state index in [-0.39, 0.29) is 5.56 Å². The molecule has 1 aromatic rings. The molecule has 10 nitrogen and oxygen atoms in total. The normalized spacial score (nSPS) is 14.4. The zero-order valence-electron chi connectivity index (χ0n) is 16.1. The first-order chi connectivity index (χ1) is 13.5. The second-order valence-electron chi connectivity index (χ2n) is 6.88. The van der Waals surface area contributed by atoms with E-state index in [1.54, 1.807) is 0 Å². The molecule has 1 rings (SSSR count). The predicted octanol–water partition coefficient (Wildman–Crippen LogP) is 2.45. The molecule has 14 heteroatoms. The number of sulfone groups is 1. The molecule has 166 valence electrons. The fourth-order valence-corrected chi connectivity index (χ4v) is 3.35. The van der Waals surface area contributed by atoms with Gasteiger partial charge in [0.25, 0.3) is 21.2 Å². The van der Waals surface area contributed by atoms with Crippen molar-refractivity contribution >= 4 is 27.6 Å². The van der Waals surface area contributed by atoms with E-state index in [1.807, 2.05) is 0 Å². The summed E-state index contributed by atoms with van der Waals surface area (Å²) in [5.74, 6) is -1.18. The van der Waals surface area contributed by atoms with E-state index in [9.17, 15) is 41.3 Å². The Morgan fingerprint density at radius 1 is 1.27 bits per heavy atom. The molecule has 1 aromatic carbocycles. The number of alkyl halides is 3. The van der Waals surface area contributed by atoms with E-state index >= 15 is 0 Å². The molecule has 0 N–H and O–H groups in total. The van der Waals surface area contributed by atoms with Crippen LogP contribution in [0.5, 0.6) is 0 Å². The second-order valence-corrected chi connectivity index (χ2v) is 8.79. The number of ether oxygens (including phenoxy) is 2. The van der Waals surface area contributed by atoms with Gasteiger partial charge in [-0.05, 0) is 32.4 Å². The largest absolute Gasteiger partial charge is 0.502 e. The van der Waals surface area contributed by atoms with E-state index in [2.05, 4.69) is 9.73 Å². The van der Waals surface area contributed by atoms with Gasteiger partial charge < -0.3 is 9.47 Å². The third-order valence-electron chi connectivity index (χ3n) is 3.46. The summed E-state index contributed by atoms with van der Waals surface area (Å²) >= 11 is 0. The molecule has 0 aliphatic carbocycles. The third kappa shape index (κ3) is 5.40. The van der Waals surface area contributed by atoms with Crippen molar-refractivity contribution in [1.29, 1.82) is 0 Å². The highest BCUT2D eigenvalue weighted by atomic mass is 32.2. The molecule has 0 bridgehead atoms. The van der Waals surface area contributed by atoms with Crippen LogP contribution in [0.25, 0.3) is 0 Å². The number of aliphatic imine (C=N–C) groups is 1. The quantitative estimate of drug-likeness (QED) is 0.201. The first kappa shape index (κ1) is 25.2. The minimum atomic E-state index is -6.02. The van der Waals surface area contributed by atoms with Gasteiger partial charge in [-0.1, -0.05) is 6.07 Å². The molecular weight excluding hydrogens is 437 g/mol. The Morgan fingerprint density at radius 2 is 1.83 bits per heavy atom. The van der Waals surface area contributed by atoms with E-state index < -0.39 is 54.6 Å². The minimum Gasteiger partial charge on any atom is -0.465 e. The first-order valence-electron chi connectivity index (χ1n) is 7.97. The zero-order chi connectivity index (χ0) is 23.5. The van der Waals surface area contributed by atoms with Crippen molar-refractivity contribution in [2.45, 2.75) is 48.9 Å². The van der Waals surface area contributed by atoms with Crippen LogP contribution in [-0.2, 0) is 35.3 Å². The average Bonchev–Trinajstić information content (AvgIpc) is 2.58. The van der Waals surface area contributed by atoms with Crippen LogP contribution in [0.15, 0.2) is 28.1 Å². The van der Waals surface area contributed by atoms with Crippen LogP contribution in [-0.4, -0.2) is 49.3 Å².